The Balaban J connectivity index is 1.72. The third-order valence-corrected chi connectivity index (χ3v) is 5.16. The minimum absolute atomic E-state index is 0.124. The van der Waals surface area contributed by atoms with Gasteiger partial charge < -0.3 is 10.3 Å². The fourth-order valence-corrected chi connectivity index (χ4v) is 3.60. The maximum absolute atomic E-state index is 6.37. The fraction of sp³-hybridized carbons (Fsp3) is 0.500. The van der Waals surface area contributed by atoms with Gasteiger partial charge in [0.1, 0.15) is 0 Å². The Hall–Kier alpha value is -1.33. The van der Waals surface area contributed by atoms with E-state index in [1.807, 2.05) is 0 Å². The van der Waals surface area contributed by atoms with Crippen LogP contribution in [0.2, 0.25) is 0 Å². The molecule has 0 aliphatic heterocycles. The monoisotopic (exact) mass is 303 g/mol. The summed E-state index contributed by atoms with van der Waals surface area (Å²) in [6.07, 6.45) is 4.19. The number of nitrogens with two attached hydrogens (primary N) is 1. The lowest BCUT2D eigenvalue weighted by Crippen LogP contribution is -2.34. The summed E-state index contributed by atoms with van der Waals surface area (Å²) in [6, 6.07) is 8.47. The first-order chi connectivity index (χ1) is 10.1. The number of nitrogens with zero attached hydrogens (tertiary/aromatic N) is 2. The summed E-state index contributed by atoms with van der Waals surface area (Å²) in [6.45, 7) is 4.17. The summed E-state index contributed by atoms with van der Waals surface area (Å²) in [4.78, 5) is 5.76. The van der Waals surface area contributed by atoms with Gasteiger partial charge in [0, 0.05) is 4.90 Å². The molecule has 1 heterocycles. The lowest BCUT2D eigenvalue weighted by atomic mass is 9.99. The van der Waals surface area contributed by atoms with Gasteiger partial charge in [-0.1, -0.05) is 35.7 Å². The van der Waals surface area contributed by atoms with Gasteiger partial charge in [-0.25, -0.2) is 0 Å². The van der Waals surface area contributed by atoms with Crippen LogP contribution in [0.1, 0.15) is 55.1 Å². The molecule has 1 saturated carbocycles. The van der Waals surface area contributed by atoms with E-state index in [1.165, 1.54) is 10.5 Å². The molecule has 1 aromatic carbocycles. The number of rotatable bonds is 4. The van der Waals surface area contributed by atoms with E-state index >= 15 is 0 Å². The zero-order valence-electron chi connectivity index (χ0n) is 12.5. The zero-order chi connectivity index (χ0) is 14.9. The van der Waals surface area contributed by atoms with Gasteiger partial charge in [-0.2, -0.15) is 4.98 Å². The quantitative estimate of drug-likeness (QED) is 0.866. The number of hydrogen-bond acceptors (Lipinski definition) is 5. The normalized spacial score (nSPS) is 18.8. The first-order valence-electron chi connectivity index (χ1n) is 7.43. The van der Waals surface area contributed by atoms with E-state index in [4.69, 9.17) is 10.3 Å². The molecule has 1 aliphatic carbocycles. The summed E-state index contributed by atoms with van der Waals surface area (Å²) in [5.41, 5.74) is 7.25. The van der Waals surface area contributed by atoms with E-state index in [2.05, 4.69) is 48.3 Å². The van der Waals surface area contributed by atoms with E-state index in [0.29, 0.717) is 11.7 Å². The predicted octanol–water partition coefficient (Wildman–Crippen LogP) is 3.96. The van der Waals surface area contributed by atoms with Gasteiger partial charge in [0.25, 0.3) is 0 Å². The first-order valence-corrected chi connectivity index (χ1v) is 8.31. The average Bonchev–Trinajstić information content (AvgIpc) is 3.11. The van der Waals surface area contributed by atoms with Crippen molar-refractivity contribution in [1.82, 2.24) is 10.1 Å². The molecule has 21 heavy (non-hydrogen) atoms. The molecule has 2 aromatic rings. The molecule has 0 radical (unpaired) electrons. The molecule has 1 atom stereocenters. The summed E-state index contributed by atoms with van der Waals surface area (Å²) in [7, 11) is 0. The highest BCUT2D eigenvalue weighted by Gasteiger charge is 2.36. The van der Waals surface area contributed by atoms with Gasteiger partial charge in [-0.3, -0.25) is 0 Å². The summed E-state index contributed by atoms with van der Waals surface area (Å²) in [5.74, 6) is 1.33. The maximum Gasteiger partial charge on any atom is 0.239 e. The van der Waals surface area contributed by atoms with Gasteiger partial charge in [0.2, 0.25) is 5.89 Å². The van der Waals surface area contributed by atoms with Crippen molar-refractivity contribution in [2.45, 2.75) is 55.2 Å². The third kappa shape index (κ3) is 3.14. The highest BCUT2D eigenvalue weighted by Crippen LogP contribution is 2.37. The average molecular weight is 303 g/mol. The number of aromatic nitrogens is 2. The number of benzene rings is 1. The molecule has 1 unspecified atom stereocenters. The van der Waals surface area contributed by atoms with Crippen LogP contribution in [-0.4, -0.2) is 10.1 Å². The molecule has 0 saturated heterocycles. The van der Waals surface area contributed by atoms with Crippen molar-refractivity contribution in [3.8, 4) is 0 Å². The van der Waals surface area contributed by atoms with Gasteiger partial charge in [0.15, 0.2) is 5.82 Å². The van der Waals surface area contributed by atoms with Gasteiger partial charge in [-0.05, 0) is 38.8 Å². The molecule has 4 nitrogen and oxygen atoms in total. The second-order valence-electron chi connectivity index (χ2n) is 5.89. The molecular formula is C16H21N3OS. The molecule has 1 aliphatic rings. The van der Waals surface area contributed by atoms with Crippen molar-refractivity contribution in [2.75, 3.05) is 0 Å². The van der Waals surface area contributed by atoms with Crippen LogP contribution in [0.25, 0.3) is 0 Å². The molecule has 1 aromatic heterocycles. The summed E-state index contributed by atoms with van der Waals surface area (Å²) >= 11 is 1.72. The molecule has 0 bridgehead atoms. The molecule has 1 fully saturated rings. The molecule has 0 amide bonds. The Morgan fingerprint density at radius 3 is 2.57 bits per heavy atom. The Kier molecular flexibility index (Phi) is 4.04. The highest BCUT2D eigenvalue weighted by molar-refractivity contribution is 7.99. The minimum atomic E-state index is -0.379. The van der Waals surface area contributed by atoms with Crippen LogP contribution in [-0.2, 0) is 5.54 Å². The number of aryl methyl sites for hydroxylation is 1. The maximum atomic E-state index is 6.37. The van der Waals surface area contributed by atoms with Crippen LogP contribution < -0.4 is 5.73 Å². The standard InChI is InChI=1S/C16H21N3OS/c1-11-5-7-13(8-6-11)21-12(2)14-18-15(19-20-14)16(17)9-3-4-10-16/h5-8,12H,3-4,9-10,17H2,1-2H3. The highest BCUT2D eigenvalue weighted by atomic mass is 32.2. The van der Waals surface area contributed by atoms with Crippen molar-refractivity contribution >= 4 is 11.8 Å². The van der Waals surface area contributed by atoms with Crippen LogP contribution in [0.4, 0.5) is 0 Å². The fourth-order valence-electron chi connectivity index (χ4n) is 2.70. The molecule has 3 rings (SSSR count). The molecule has 112 valence electrons. The van der Waals surface area contributed by atoms with Crippen LogP contribution >= 0.6 is 11.8 Å². The number of thioether (sulfide) groups is 1. The van der Waals surface area contributed by atoms with E-state index in [0.717, 1.165) is 25.7 Å². The summed E-state index contributed by atoms with van der Waals surface area (Å²) < 4.78 is 5.44. The molecular weight excluding hydrogens is 282 g/mol. The number of hydrogen-bond donors (Lipinski definition) is 1. The van der Waals surface area contributed by atoms with E-state index in [-0.39, 0.29) is 10.8 Å². The smallest absolute Gasteiger partial charge is 0.239 e. The zero-order valence-corrected chi connectivity index (χ0v) is 13.3. The third-order valence-electron chi connectivity index (χ3n) is 4.06. The lowest BCUT2D eigenvalue weighted by molar-refractivity contribution is 0.349. The molecule has 2 N–H and O–H groups in total. The Morgan fingerprint density at radius 1 is 1.24 bits per heavy atom. The lowest BCUT2D eigenvalue weighted by Gasteiger charge is -2.17. The Labute approximate surface area is 129 Å². The van der Waals surface area contributed by atoms with E-state index in [9.17, 15) is 0 Å². The van der Waals surface area contributed by atoms with Crippen molar-refractivity contribution < 1.29 is 4.52 Å². The topological polar surface area (TPSA) is 64.9 Å². The van der Waals surface area contributed by atoms with Crippen LogP contribution in [0.3, 0.4) is 0 Å². The van der Waals surface area contributed by atoms with E-state index < -0.39 is 0 Å². The predicted molar refractivity (Wildman–Crippen MR) is 84.1 cm³/mol. The van der Waals surface area contributed by atoms with Crippen molar-refractivity contribution in [2.24, 2.45) is 5.73 Å². The first kappa shape index (κ1) is 14.6. The second kappa shape index (κ2) is 5.81. The molecule has 0 spiro atoms. The largest absolute Gasteiger partial charge is 0.338 e. The van der Waals surface area contributed by atoms with Crippen molar-refractivity contribution in [1.29, 1.82) is 0 Å². The van der Waals surface area contributed by atoms with Crippen LogP contribution in [0, 0.1) is 6.92 Å². The van der Waals surface area contributed by atoms with Gasteiger partial charge in [0.05, 0.1) is 10.8 Å². The Bertz CT molecular complexity index is 602. The van der Waals surface area contributed by atoms with Gasteiger partial charge >= 0.3 is 0 Å². The SMILES string of the molecule is Cc1ccc(SC(C)c2nc(C3(N)CCCC3)no2)cc1. The summed E-state index contributed by atoms with van der Waals surface area (Å²) in [5, 5.41) is 4.25. The van der Waals surface area contributed by atoms with Gasteiger partial charge in [-0.15, -0.1) is 11.8 Å². The minimum Gasteiger partial charge on any atom is -0.338 e. The van der Waals surface area contributed by atoms with Crippen molar-refractivity contribution in [3.63, 3.8) is 0 Å². The second-order valence-corrected chi connectivity index (χ2v) is 7.31. The van der Waals surface area contributed by atoms with Crippen molar-refractivity contribution in [3.05, 3.63) is 41.5 Å². The van der Waals surface area contributed by atoms with Crippen LogP contribution in [0.5, 0.6) is 0 Å². The van der Waals surface area contributed by atoms with E-state index in [1.54, 1.807) is 11.8 Å². The van der Waals surface area contributed by atoms with Crippen LogP contribution in [0.15, 0.2) is 33.7 Å². The molecule has 5 heteroatoms. The Morgan fingerprint density at radius 2 is 1.90 bits per heavy atom.